The van der Waals surface area contributed by atoms with Crippen LogP contribution in [0.2, 0.25) is 0 Å². The largest absolute Gasteiger partial charge is 0.478 e. The number of carboxylic acid groups (broad SMARTS) is 1. The van der Waals surface area contributed by atoms with E-state index < -0.39 is 5.97 Å². The van der Waals surface area contributed by atoms with Gasteiger partial charge in [0.05, 0.1) is 5.56 Å². The highest BCUT2D eigenvalue weighted by Gasteiger charge is 2.30. The Morgan fingerprint density at radius 3 is 2.76 bits per heavy atom. The summed E-state index contributed by atoms with van der Waals surface area (Å²) in [5.74, 6) is -0.232. The summed E-state index contributed by atoms with van der Waals surface area (Å²) in [6.07, 6.45) is 3.78. The summed E-state index contributed by atoms with van der Waals surface area (Å²) in [6.45, 7) is 2.87. The van der Waals surface area contributed by atoms with E-state index in [2.05, 4.69) is 12.2 Å². The lowest BCUT2D eigenvalue weighted by Gasteiger charge is -2.36. The van der Waals surface area contributed by atoms with Gasteiger partial charge >= 0.3 is 12.0 Å². The van der Waals surface area contributed by atoms with E-state index in [0.717, 1.165) is 36.9 Å². The fraction of sp³-hybridized carbons (Fsp3) is 0.500. The van der Waals surface area contributed by atoms with Crippen molar-refractivity contribution < 1.29 is 14.7 Å². The molecule has 2 aliphatic rings. The van der Waals surface area contributed by atoms with Crippen molar-refractivity contribution in [3.05, 3.63) is 29.3 Å². The molecule has 0 spiro atoms. The number of urea groups is 1. The zero-order chi connectivity index (χ0) is 15.0. The van der Waals surface area contributed by atoms with E-state index in [1.54, 1.807) is 23.1 Å². The molecule has 2 N–H and O–H groups in total. The van der Waals surface area contributed by atoms with Crippen molar-refractivity contribution in [3.8, 4) is 0 Å². The fourth-order valence-corrected chi connectivity index (χ4v) is 3.21. The third-order valence-electron chi connectivity index (χ3n) is 4.39. The first-order valence-corrected chi connectivity index (χ1v) is 7.49. The molecule has 1 aromatic rings. The second-order valence-electron chi connectivity index (χ2n) is 6.13. The number of hydrogen-bond donors (Lipinski definition) is 2. The topological polar surface area (TPSA) is 69.6 Å². The molecule has 0 saturated heterocycles. The van der Waals surface area contributed by atoms with E-state index in [-0.39, 0.29) is 17.6 Å². The second-order valence-corrected chi connectivity index (χ2v) is 6.13. The van der Waals surface area contributed by atoms with Gasteiger partial charge in [-0.15, -0.1) is 0 Å². The predicted octanol–water partition coefficient (Wildman–Crippen LogP) is 2.65. The fourth-order valence-electron chi connectivity index (χ4n) is 3.21. The van der Waals surface area contributed by atoms with Crippen LogP contribution < -0.4 is 10.2 Å². The summed E-state index contributed by atoms with van der Waals surface area (Å²) in [4.78, 5) is 25.2. The number of fused-ring (bicyclic) bond motifs is 1. The molecular weight excluding hydrogens is 268 g/mol. The summed E-state index contributed by atoms with van der Waals surface area (Å²) < 4.78 is 0. The van der Waals surface area contributed by atoms with Gasteiger partial charge in [-0.3, -0.25) is 4.90 Å². The van der Waals surface area contributed by atoms with Crippen molar-refractivity contribution in [3.63, 3.8) is 0 Å². The van der Waals surface area contributed by atoms with Crippen LogP contribution in [0.25, 0.3) is 0 Å². The van der Waals surface area contributed by atoms with Crippen molar-refractivity contribution in [1.82, 2.24) is 5.32 Å². The first-order chi connectivity index (χ1) is 10.0. The second kappa shape index (κ2) is 5.39. The average Bonchev–Trinajstić information content (AvgIpc) is 2.44. The van der Waals surface area contributed by atoms with Gasteiger partial charge in [0.25, 0.3) is 0 Å². The molecule has 0 aromatic heterocycles. The molecule has 2 amide bonds. The van der Waals surface area contributed by atoms with Gasteiger partial charge in [0.1, 0.15) is 0 Å². The van der Waals surface area contributed by atoms with Gasteiger partial charge in [-0.05, 0) is 55.4 Å². The first-order valence-electron chi connectivity index (χ1n) is 7.49. The molecule has 0 radical (unpaired) electrons. The molecule has 21 heavy (non-hydrogen) atoms. The van der Waals surface area contributed by atoms with Crippen LogP contribution in [0.15, 0.2) is 18.2 Å². The minimum Gasteiger partial charge on any atom is -0.478 e. The highest BCUT2D eigenvalue weighted by atomic mass is 16.4. The summed E-state index contributed by atoms with van der Waals surface area (Å²) in [5.41, 5.74) is 2.07. The number of amides is 2. The Kier molecular flexibility index (Phi) is 3.57. The Labute approximate surface area is 123 Å². The molecule has 1 aliphatic heterocycles. The zero-order valence-electron chi connectivity index (χ0n) is 12.1. The maximum absolute atomic E-state index is 12.4. The number of aromatic carboxylic acids is 1. The first kappa shape index (κ1) is 13.9. The van der Waals surface area contributed by atoms with E-state index in [1.165, 1.54) is 0 Å². The molecule has 1 aliphatic carbocycles. The molecule has 5 heteroatoms. The Balaban J connectivity index is 1.76. The number of anilines is 1. The van der Waals surface area contributed by atoms with Crippen LogP contribution >= 0.6 is 0 Å². The van der Waals surface area contributed by atoms with Crippen molar-refractivity contribution >= 4 is 17.7 Å². The van der Waals surface area contributed by atoms with Gasteiger partial charge in [-0.1, -0.05) is 6.92 Å². The van der Waals surface area contributed by atoms with Gasteiger partial charge in [-0.2, -0.15) is 0 Å². The van der Waals surface area contributed by atoms with Crippen LogP contribution in [0, 0.1) is 5.92 Å². The number of nitrogens with zero attached hydrogens (tertiary/aromatic N) is 1. The van der Waals surface area contributed by atoms with Crippen LogP contribution in [-0.4, -0.2) is 29.7 Å². The third kappa shape index (κ3) is 2.73. The Morgan fingerprint density at radius 2 is 2.10 bits per heavy atom. The summed E-state index contributed by atoms with van der Waals surface area (Å²) in [6, 6.07) is 5.23. The normalized spacial score (nSPS) is 24.0. The van der Waals surface area contributed by atoms with Gasteiger partial charge in [0, 0.05) is 18.3 Å². The molecule has 1 saturated carbocycles. The molecule has 1 heterocycles. The van der Waals surface area contributed by atoms with Crippen molar-refractivity contribution in [1.29, 1.82) is 0 Å². The van der Waals surface area contributed by atoms with Crippen LogP contribution in [0.4, 0.5) is 10.5 Å². The van der Waals surface area contributed by atoms with Crippen molar-refractivity contribution in [2.75, 3.05) is 11.4 Å². The SMILES string of the molecule is CC1CC(NC(=O)N2CCCc3cc(C(=O)O)ccc32)C1. The third-order valence-corrected chi connectivity index (χ3v) is 4.39. The maximum atomic E-state index is 12.4. The Morgan fingerprint density at radius 1 is 1.33 bits per heavy atom. The average molecular weight is 288 g/mol. The van der Waals surface area contributed by atoms with Gasteiger partial charge < -0.3 is 10.4 Å². The lowest BCUT2D eigenvalue weighted by Crippen LogP contribution is -2.50. The smallest absolute Gasteiger partial charge is 0.335 e. The van der Waals surface area contributed by atoms with Gasteiger partial charge in [-0.25, -0.2) is 9.59 Å². The standard InChI is InChI=1S/C16H20N2O3/c1-10-7-13(8-10)17-16(21)18-6-2-3-11-9-12(15(19)20)4-5-14(11)18/h4-5,9-10,13H,2-3,6-8H2,1H3,(H,17,21)(H,19,20). The predicted molar refractivity (Wildman–Crippen MR) is 79.8 cm³/mol. The van der Waals surface area contributed by atoms with E-state index >= 15 is 0 Å². The molecule has 3 rings (SSSR count). The van der Waals surface area contributed by atoms with Gasteiger partial charge in [0.2, 0.25) is 0 Å². The Hall–Kier alpha value is -2.04. The highest BCUT2D eigenvalue weighted by Crippen LogP contribution is 2.30. The monoisotopic (exact) mass is 288 g/mol. The number of rotatable bonds is 2. The van der Waals surface area contributed by atoms with E-state index in [0.29, 0.717) is 12.5 Å². The molecule has 0 bridgehead atoms. The minimum atomic E-state index is -0.928. The molecule has 1 fully saturated rings. The molecule has 0 atom stereocenters. The quantitative estimate of drug-likeness (QED) is 0.879. The van der Waals surface area contributed by atoms with Crippen LogP contribution in [-0.2, 0) is 6.42 Å². The highest BCUT2D eigenvalue weighted by molar-refractivity contribution is 5.95. The van der Waals surface area contributed by atoms with Crippen molar-refractivity contribution in [2.45, 2.75) is 38.6 Å². The maximum Gasteiger partial charge on any atom is 0.335 e. The van der Waals surface area contributed by atoms with Gasteiger partial charge in [0.15, 0.2) is 0 Å². The number of carbonyl (C=O) groups excluding carboxylic acids is 1. The minimum absolute atomic E-state index is 0.0593. The zero-order valence-corrected chi connectivity index (χ0v) is 12.1. The molecule has 112 valence electrons. The summed E-state index contributed by atoms with van der Waals surface area (Å²) in [7, 11) is 0. The number of aryl methyl sites for hydroxylation is 1. The molecular formula is C16H20N2O3. The van der Waals surface area contributed by atoms with E-state index in [9.17, 15) is 9.59 Å². The van der Waals surface area contributed by atoms with Crippen molar-refractivity contribution in [2.24, 2.45) is 5.92 Å². The van der Waals surface area contributed by atoms with Crippen LogP contribution in [0.1, 0.15) is 42.1 Å². The number of carboxylic acids is 1. The molecule has 1 aromatic carbocycles. The molecule has 5 nitrogen and oxygen atoms in total. The summed E-state index contributed by atoms with van der Waals surface area (Å²) >= 11 is 0. The number of carbonyl (C=O) groups is 2. The number of nitrogens with one attached hydrogen (secondary N) is 1. The van der Waals surface area contributed by atoms with Crippen LogP contribution in [0.5, 0.6) is 0 Å². The van der Waals surface area contributed by atoms with E-state index in [1.807, 2.05) is 0 Å². The Bertz CT molecular complexity index is 579. The number of benzene rings is 1. The molecule has 0 unspecified atom stereocenters. The lowest BCUT2D eigenvalue weighted by atomic mass is 9.82. The van der Waals surface area contributed by atoms with E-state index in [4.69, 9.17) is 5.11 Å². The summed E-state index contributed by atoms with van der Waals surface area (Å²) in [5, 5.41) is 12.1. The van der Waals surface area contributed by atoms with Crippen LogP contribution in [0.3, 0.4) is 0 Å². The number of hydrogen-bond acceptors (Lipinski definition) is 2. The lowest BCUT2D eigenvalue weighted by molar-refractivity contribution is 0.0696.